The van der Waals surface area contributed by atoms with Crippen molar-refractivity contribution in [2.24, 2.45) is 0 Å². The molecule has 90 valence electrons. The summed E-state index contributed by atoms with van der Waals surface area (Å²) in [6.07, 6.45) is 0.887. The number of aliphatic hydroxyl groups is 1. The number of aromatic nitrogens is 1. The fourth-order valence-electron chi connectivity index (χ4n) is 1.18. The molecule has 0 fully saturated rings. The highest BCUT2D eigenvalue weighted by Crippen LogP contribution is 2.06. The van der Waals surface area contributed by atoms with Gasteiger partial charge in [-0.15, -0.1) is 0 Å². The van der Waals surface area contributed by atoms with Crippen LogP contribution in [-0.2, 0) is 6.54 Å². The second-order valence-electron chi connectivity index (χ2n) is 3.32. The molecular weight excluding hydrogens is 288 g/mol. The van der Waals surface area contributed by atoms with Crippen molar-refractivity contribution < 1.29 is 5.11 Å². The SMILES string of the molecule is OCCCSCCNCc1cccc(Br)n1. The Morgan fingerprint density at radius 1 is 1.38 bits per heavy atom. The van der Waals surface area contributed by atoms with Gasteiger partial charge in [0.2, 0.25) is 0 Å². The van der Waals surface area contributed by atoms with Crippen molar-refractivity contribution in [1.82, 2.24) is 10.3 Å². The van der Waals surface area contributed by atoms with Gasteiger partial charge in [-0.3, -0.25) is 0 Å². The first-order chi connectivity index (χ1) is 7.83. The van der Waals surface area contributed by atoms with Gasteiger partial charge in [-0.2, -0.15) is 11.8 Å². The summed E-state index contributed by atoms with van der Waals surface area (Å²) < 4.78 is 0.879. The second-order valence-corrected chi connectivity index (χ2v) is 5.36. The molecule has 1 aromatic heterocycles. The Hall–Kier alpha value is -0.100. The summed E-state index contributed by atoms with van der Waals surface area (Å²) in [7, 11) is 0. The molecule has 1 heterocycles. The van der Waals surface area contributed by atoms with Crippen LogP contribution in [0.5, 0.6) is 0 Å². The number of halogens is 1. The zero-order valence-electron chi connectivity index (χ0n) is 9.16. The number of thioether (sulfide) groups is 1. The number of hydrogen-bond acceptors (Lipinski definition) is 4. The van der Waals surface area contributed by atoms with E-state index in [9.17, 15) is 0 Å². The van der Waals surface area contributed by atoms with E-state index < -0.39 is 0 Å². The van der Waals surface area contributed by atoms with E-state index in [1.165, 1.54) is 0 Å². The van der Waals surface area contributed by atoms with Gasteiger partial charge in [-0.05, 0) is 40.2 Å². The molecule has 5 heteroatoms. The predicted octanol–water partition coefficient (Wildman–Crippen LogP) is 2.05. The third kappa shape index (κ3) is 6.48. The summed E-state index contributed by atoms with van der Waals surface area (Å²) in [6.45, 7) is 2.08. The second kappa shape index (κ2) is 8.98. The number of hydrogen-bond donors (Lipinski definition) is 2. The maximum atomic E-state index is 8.60. The molecule has 0 unspecified atom stereocenters. The molecule has 2 N–H and O–H groups in total. The van der Waals surface area contributed by atoms with Gasteiger partial charge in [0.1, 0.15) is 4.60 Å². The van der Waals surface area contributed by atoms with Crippen LogP contribution in [0.3, 0.4) is 0 Å². The van der Waals surface area contributed by atoms with Gasteiger partial charge in [0.05, 0.1) is 5.69 Å². The van der Waals surface area contributed by atoms with Crippen molar-refractivity contribution in [1.29, 1.82) is 0 Å². The van der Waals surface area contributed by atoms with Crippen molar-refractivity contribution in [2.45, 2.75) is 13.0 Å². The van der Waals surface area contributed by atoms with Gasteiger partial charge in [0, 0.05) is 25.4 Å². The van der Waals surface area contributed by atoms with Crippen molar-refractivity contribution in [2.75, 3.05) is 24.7 Å². The molecule has 0 saturated carbocycles. The average Bonchev–Trinajstić information content (AvgIpc) is 2.28. The molecule has 0 saturated heterocycles. The van der Waals surface area contributed by atoms with Gasteiger partial charge in [0.25, 0.3) is 0 Å². The molecule has 0 aliphatic heterocycles. The Bertz CT molecular complexity index is 299. The third-order valence-corrected chi connectivity index (χ3v) is 3.46. The molecule has 0 spiro atoms. The summed E-state index contributed by atoms with van der Waals surface area (Å²) in [4.78, 5) is 4.33. The lowest BCUT2D eigenvalue weighted by molar-refractivity contribution is 0.296. The largest absolute Gasteiger partial charge is 0.396 e. The number of rotatable bonds is 8. The van der Waals surface area contributed by atoms with Crippen LogP contribution in [0, 0.1) is 0 Å². The summed E-state index contributed by atoms with van der Waals surface area (Å²) in [5.74, 6) is 2.11. The average molecular weight is 305 g/mol. The first-order valence-corrected chi connectivity index (χ1v) is 7.28. The highest BCUT2D eigenvalue weighted by Gasteiger charge is 1.95. The van der Waals surface area contributed by atoms with Crippen LogP contribution >= 0.6 is 27.7 Å². The number of nitrogens with one attached hydrogen (secondary N) is 1. The van der Waals surface area contributed by atoms with E-state index in [2.05, 4.69) is 26.2 Å². The van der Waals surface area contributed by atoms with Gasteiger partial charge in [-0.25, -0.2) is 4.98 Å². The molecule has 0 amide bonds. The molecule has 0 bridgehead atoms. The molecule has 0 aromatic carbocycles. The molecule has 0 aliphatic rings. The normalized spacial score (nSPS) is 10.6. The van der Waals surface area contributed by atoms with Crippen LogP contribution in [0.2, 0.25) is 0 Å². The highest BCUT2D eigenvalue weighted by molar-refractivity contribution is 9.10. The lowest BCUT2D eigenvalue weighted by Crippen LogP contribution is -2.17. The maximum absolute atomic E-state index is 8.60. The van der Waals surface area contributed by atoms with E-state index in [1.54, 1.807) is 0 Å². The van der Waals surface area contributed by atoms with Crippen LogP contribution in [0.1, 0.15) is 12.1 Å². The van der Waals surface area contributed by atoms with Crippen molar-refractivity contribution in [3.63, 3.8) is 0 Å². The Balaban J connectivity index is 2.03. The monoisotopic (exact) mass is 304 g/mol. The smallest absolute Gasteiger partial charge is 0.106 e. The fraction of sp³-hybridized carbons (Fsp3) is 0.545. The van der Waals surface area contributed by atoms with E-state index in [1.807, 2.05) is 30.0 Å². The van der Waals surface area contributed by atoms with Crippen molar-refractivity contribution in [3.05, 3.63) is 28.5 Å². The van der Waals surface area contributed by atoms with E-state index in [4.69, 9.17) is 5.11 Å². The van der Waals surface area contributed by atoms with Crippen molar-refractivity contribution >= 4 is 27.7 Å². The topological polar surface area (TPSA) is 45.1 Å². The zero-order valence-corrected chi connectivity index (χ0v) is 11.6. The number of nitrogens with zero attached hydrogens (tertiary/aromatic N) is 1. The standard InChI is InChI=1S/C11H17BrN2OS/c12-11-4-1-3-10(14-11)9-13-5-8-16-7-2-6-15/h1,3-4,13,15H,2,5-9H2. The molecule has 0 atom stereocenters. The highest BCUT2D eigenvalue weighted by atomic mass is 79.9. The molecule has 0 radical (unpaired) electrons. The third-order valence-electron chi connectivity index (χ3n) is 1.95. The quantitative estimate of drug-likeness (QED) is 0.570. The summed E-state index contributed by atoms with van der Waals surface area (Å²) in [5.41, 5.74) is 1.05. The molecule has 16 heavy (non-hydrogen) atoms. The lowest BCUT2D eigenvalue weighted by atomic mass is 10.3. The summed E-state index contributed by atoms with van der Waals surface area (Å²) >= 11 is 5.21. The van der Waals surface area contributed by atoms with Gasteiger partial charge in [0.15, 0.2) is 0 Å². The molecule has 1 rings (SSSR count). The van der Waals surface area contributed by atoms with E-state index in [0.717, 1.165) is 41.3 Å². The predicted molar refractivity (Wildman–Crippen MR) is 72.7 cm³/mol. The Labute approximate surface area is 109 Å². The molecule has 3 nitrogen and oxygen atoms in total. The number of pyridine rings is 1. The van der Waals surface area contributed by atoms with Crippen LogP contribution in [-0.4, -0.2) is 34.7 Å². The Kier molecular flexibility index (Phi) is 7.84. The molecule has 0 aliphatic carbocycles. The van der Waals surface area contributed by atoms with E-state index in [0.29, 0.717) is 6.61 Å². The zero-order chi connectivity index (χ0) is 11.6. The van der Waals surface area contributed by atoms with Gasteiger partial charge < -0.3 is 10.4 Å². The van der Waals surface area contributed by atoms with Crippen LogP contribution < -0.4 is 5.32 Å². The Morgan fingerprint density at radius 3 is 3.00 bits per heavy atom. The maximum Gasteiger partial charge on any atom is 0.106 e. The number of aliphatic hydroxyl groups excluding tert-OH is 1. The lowest BCUT2D eigenvalue weighted by Gasteiger charge is -2.04. The minimum absolute atomic E-state index is 0.294. The first kappa shape index (κ1) is 14.0. The van der Waals surface area contributed by atoms with Gasteiger partial charge >= 0.3 is 0 Å². The Morgan fingerprint density at radius 2 is 2.25 bits per heavy atom. The summed E-state index contributed by atoms with van der Waals surface area (Å²) in [5, 5.41) is 11.9. The van der Waals surface area contributed by atoms with Crippen molar-refractivity contribution in [3.8, 4) is 0 Å². The molecular formula is C11H17BrN2OS. The van der Waals surface area contributed by atoms with Gasteiger partial charge in [-0.1, -0.05) is 6.07 Å². The van der Waals surface area contributed by atoms with Crippen LogP contribution in [0.15, 0.2) is 22.8 Å². The molecule has 1 aromatic rings. The van der Waals surface area contributed by atoms with E-state index in [-0.39, 0.29) is 0 Å². The first-order valence-electron chi connectivity index (χ1n) is 5.33. The fourth-order valence-corrected chi connectivity index (χ4v) is 2.38. The van der Waals surface area contributed by atoms with Crippen LogP contribution in [0.25, 0.3) is 0 Å². The minimum atomic E-state index is 0.294. The summed E-state index contributed by atoms with van der Waals surface area (Å²) in [6, 6.07) is 5.93. The van der Waals surface area contributed by atoms with Crippen LogP contribution in [0.4, 0.5) is 0 Å². The minimum Gasteiger partial charge on any atom is -0.396 e. The van der Waals surface area contributed by atoms with E-state index >= 15 is 0 Å².